The zero-order chi connectivity index (χ0) is 15.5. The van der Waals surface area contributed by atoms with Crippen molar-refractivity contribution in [3.63, 3.8) is 0 Å². The predicted octanol–water partition coefficient (Wildman–Crippen LogP) is 0.420. The summed E-state index contributed by atoms with van der Waals surface area (Å²) in [5.74, 6) is -0.387. The molecule has 0 saturated carbocycles. The molecule has 0 fully saturated rings. The molecule has 1 atom stereocenters. The van der Waals surface area contributed by atoms with Crippen molar-refractivity contribution in [2.45, 2.75) is 32.6 Å². The van der Waals surface area contributed by atoms with Gasteiger partial charge in [0.1, 0.15) is 10.7 Å². The van der Waals surface area contributed by atoms with Gasteiger partial charge in [0.25, 0.3) is 0 Å². The number of nitrogens with one attached hydrogen (secondary N) is 1. The molecule has 0 aromatic carbocycles. The lowest BCUT2D eigenvalue weighted by Gasteiger charge is -2.23. The molecule has 1 heterocycles. The van der Waals surface area contributed by atoms with Crippen LogP contribution in [0.25, 0.3) is 0 Å². The van der Waals surface area contributed by atoms with Crippen LogP contribution in [0.1, 0.15) is 25.2 Å². The van der Waals surface area contributed by atoms with E-state index in [1.807, 2.05) is 0 Å². The number of aryl methyl sites for hydroxylation is 2. The maximum absolute atomic E-state index is 12.6. The summed E-state index contributed by atoms with van der Waals surface area (Å²) in [5, 5.41) is 18.1. The van der Waals surface area contributed by atoms with Gasteiger partial charge in [0.2, 0.25) is 10.0 Å². The van der Waals surface area contributed by atoms with E-state index in [-0.39, 0.29) is 29.7 Å². The van der Waals surface area contributed by atoms with Crippen LogP contribution in [-0.2, 0) is 10.0 Å². The van der Waals surface area contributed by atoms with Crippen LogP contribution in [0.2, 0.25) is 0 Å². The zero-order valence-corrected chi connectivity index (χ0v) is 12.9. The van der Waals surface area contributed by atoms with Gasteiger partial charge in [-0.15, -0.1) is 0 Å². The van der Waals surface area contributed by atoms with E-state index in [1.54, 1.807) is 27.7 Å². The van der Waals surface area contributed by atoms with E-state index in [2.05, 4.69) is 15.4 Å². The Hall–Kier alpha value is -1.61. The highest BCUT2D eigenvalue weighted by Gasteiger charge is 2.30. The molecule has 0 radical (unpaired) electrons. The van der Waals surface area contributed by atoms with Crippen molar-refractivity contribution >= 4 is 15.9 Å². The fourth-order valence-electron chi connectivity index (χ4n) is 1.94. The molecule has 8 nitrogen and oxygen atoms in total. The largest absolute Gasteiger partial charge is 0.409 e. The minimum absolute atomic E-state index is 0.000660. The third kappa shape index (κ3) is 3.10. The molecule has 0 amide bonds. The van der Waals surface area contributed by atoms with Gasteiger partial charge in [-0.2, -0.15) is 9.40 Å². The number of aromatic amines is 1. The number of aromatic nitrogens is 2. The predicted molar refractivity (Wildman–Crippen MR) is 75.1 cm³/mol. The highest BCUT2D eigenvalue weighted by atomic mass is 32.2. The van der Waals surface area contributed by atoms with Gasteiger partial charge in [0.05, 0.1) is 11.4 Å². The van der Waals surface area contributed by atoms with Crippen LogP contribution < -0.4 is 5.73 Å². The summed E-state index contributed by atoms with van der Waals surface area (Å²) in [5.41, 5.74) is 6.43. The van der Waals surface area contributed by atoms with Crippen molar-refractivity contribution in [2.24, 2.45) is 16.8 Å². The standard InChI is InChI=1S/C11H21N5O3S/c1-5-16(6-7(2)11(12)15-17)20(18,19)10-8(3)13-14-9(10)4/h7,17H,5-6H2,1-4H3,(H2,12,15)(H,13,14). The Bertz CT molecular complexity index is 574. The Morgan fingerprint density at radius 3 is 2.55 bits per heavy atom. The van der Waals surface area contributed by atoms with Crippen molar-refractivity contribution < 1.29 is 13.6 Å². The molecule has 1 aromatic heterocycles. The average molecular weight is 303 g/mol. The molecule has 0 aliphatic rings. The van der Waals surface area contributed by atoms with Crippen molar-refractivity contribution in [1.82, 2.24) is 14.5 Å². The van der Waals surface area contributed by atoms with Crippen LogP contribution in [0.3, 0.4) is 0 Å². The molecule has 1 aromatic rings. The number of oxime groups is 1. The van der Waals surface area contributed by atoms with Gasteiger partial charge in [-0.1, -0.05) is 19.0 Å². The normalized spacial score (nSPS) is 14.8. The van der Waals surface area contributed by atoms with Crippen molar-refractivity contribution in [3.05, 3.63) is 11.4 Å². The molecule has 0 aliphatic heterocycles. The van der Waals surface area contributed by atoms with Gasteiger partial charge in [-0.25, -0.2) is 8.42 Å². The van der Waals surface area contributed by atoms with Crippen molar-refractivity contribution in [1.29, 1.82) is 0 Å². The molecule has 0 aliphatic carbocycles. The minimum Gasteiger partial charge on any atom is -0.409 e. The first-order chi connectivity index (χ1) is 9.25. The minimum atomic E-state index is -3.66. The first-order valence-electron chi connectivity index (χ1n) is 6.24. The Morgan fingerprint density at radius 2 is 2.15 bits per heavy atom. The molecule has 0 bridgehead atoms. The van der Waals surface area contributed by atoms with Crippen LogP contribution in [0.4, 0.5) is 0 Å². The second kappa shape index (κ2) is 6.23. The van der Waals surface area contributed by atoms with E-state index < -0.39 is 10.0 Å². The van der Waals surface area contributed by atoms with Crippen molar-refractivity contribution in [3.8, 4) is 0 Å². The van der Waals surface area contributed by atoms with E-state index in [9.17, 15) is 8.42 Å². The lowest BCUT2D eigenvalue weighted by molar-refractivity contribution is 0.311. The van der Waals surface area contributed by atoms with E-state index in [1.165, 1.54) is 4.31 Å². The third-order valence-corrected chi connectivity index (χ3v) is 5.31. The number of rotatable bonds is 6. The Balaban J connectivity index is 3.12. The van der Waals surface area contributed by atoms with Gasteiger partial charge < -0.3 is 10.9 Å². The molecular weight excluding hydrogens is 282 g/mol. The van der Waals surface area contributed by atoms with Crippen LogP contribution in [0.15, 0.2) is 10.1 Å². The summed E-state index contributed by atoms with van der Waals surface area (Å²) in [6, 6.07) is 0. The maximum atomic E-state index is 12.6. The van der Waals surface area contributed by atoms with E-state index in [0.717, 1.165) is 0 Å². The lowest BCUT2D eigenvalue weighted by Crippen LogP contribution is -2.39. The van der Waals surface area contributed by atoms with E-state index >= 15 is 0 Å². The van der Waals surface area contributed by atoms with Gasteiger partial charge in [0.15, 0.2) is 0 Å². The molecule has 1 rings (SSSR count). The number of hydrogen-bond acceptors (Lipinski definition) is 5. The topological polar surface area (TPSA) is 125 Å². The summed E-state index contributed by atoms with van der Waals surface area (Å²) in [4.78, 5) is 0.186. The molecule has 0 saturated heterocycles. The number of amidine groups is 1. The lowest BCUT2D eigenvalue weighted by atomic mass is 10.1. The Kier molecular flexibility index (Phi) is 5.12. The van der Waals surface area contributed by atoms with Crippen LogP contribution >= 0.6 is 0 Å². The molecule has 114 valence electrons. The smallest absolute Gasteiger partial charge is 0.246 e. The van der Waals surface area contributed by atoms with E-state index in [0.29, 0.717) is 11.4 Å². The first kappa shape index (κ1) is 16.4. The third-order valence-electron chi connectivity index (χ3n) is 3.11. The van der Waals surface area contributed by atoms with Crippen molar-refractivity contribution in [2.75, 3.05) is 13.1 Å². The highest BCUT2D eigenvalue weighted by Crippen LogP contribution is 2.22. The zero-order valence-electron chi connectivity index (χ0n) is 12.1. The molecule has 4 N–H and O–H groups in total. The van der Waals surface area contributed by atoms with Gasteiger partial charge >= 0.3 is 0 Å². The second-order valence-electron chi connectivity index (χ2n) is 4.64. The van der Waals surface area contributed by atoms with E-state index in [4.69, 9.17) is 10.9 Å². The van der Waals surface area contributed by atoms with Crippen LogP contribution in [-0.4, -0.2) is 47.1 Å². The summed E-state index contributed by atoms with van der Waals surface area (Å²) >= 11 is 0. The Labute approximate surface area is 118 Å². The summed E-state index contributed by atoms with van der Waals surface area (Å²) in [6.07, 6.45) is 0. The molecule has 20 heavy (non-hydrogen) atoms. The first-order valence-corrected chi connectivity index (χ1v) is 7.68. The Morgan fingerprint density at radius 1 is 1.55 bits per heavy atom. The number of nitrogens with two attached hydrogens (primary N) is 1. The fourth-order valence-corrected chi connectivity index (χ4v) is 3.81. The number of nitrogens with zero attached hydrogens (tertiary/aromatic N) is 3. The summed E-state index contributed by atoms with van der Waals surface area (Å²) in [6.45, 7) is 7.16. The number of H-pyrrole nitrogens is 1. The molecular formula is C11H21N5O3S. The van der Waals surface area contributed by atoms with Gasteiger partial charge in [-0.3, -0.25) is 5.10 Å². The van der Waals surface area contributed by atoms with Gasteiger partial charge in [-0.05, 0) is 13.8 Å². The van der Waals surface area contributed by atoms with Crippen LogP contribution in [0, 0.1) is 19.8 Å². The van der Waals surface area contributed by atoms with Gasteiger partial charge in [0, 0.05) is 19.0 Å². The number of hydrogen-bond donors (Lipinski definition) is 3. The van der Waals surface area contributed by atoms with Crippen LogP contribution in [0.5, 0.6) is 0 Å². The quantitative estimate of drug-likeness (QED) is 0.304. The molecule has 0 spiro atoms. The maximum Gasteiger partial charge on any atom is 0.246 e. The fraction of sp³-hybridized carbons (Fsp3) is 0.636. The second-order valence-corrected chi connectivity index (χ2v) is 6.52. The monoisotopic (exact) mass is 303 g/mol. The number of sulfonamides is 1. The average Bonchev–Trinajstić information content (AvgIpc) is 2.74. The molecule has 9 heteroatoms. The molecule has 1 unspecified atom stereocenters. The SMILES string of the molecule is CCN(CC(C)C(N)=NO)S(=O)(=O)c1c(C)n[nH]c1C. The summed E-state index contributed by atoms with van der Waals surface area (Å²) in [7, 11) is -3.66. The summed E-state index contributed by atoms with van der Waals surface area (Å²) < 4.78 is 26.6. The highest BCUT2D eigenvalue weighted by molar-refractivity contribution is 7.89.